The zero-order valence-corrected chi connectivity index (χ0v) is 12.3. The van der Waals surface area contributed by atoms with Crippen molar-refractivity contribution in [2.75, 3.05) is 31.6 Å². The summed E-state index contributed by atoms with van der Waals surface area (Å²) in [6.45, 7) is 7.59. The van der Waals surface area contributed by atoms with Gasteiger partial charge in [-0.2, -0.15) is 0 Å². The van der Waals surface area contributed by atoms with Crippen molar-refractivity contribution in [2.24, 2.45) is 0 Å². The van der Waals surface area contributed by atoms with Crippen LogP contribution in [0.1, 0.15) is 38.4 Å². The first-order valence-corrected chi connectivity index (χ1v) is 7.35. The van der Waals surface area contributed by atoms with Crippen LogP contribution in [0.25, 0.3) is 0 Å². The monoisotopic (exact) mass is 262 g/mol. The maximum atomic E-state index is 9.90. The van der Waals surface area contributed by atoms with Crippen molar-refractivity contribution in [3.8, 4) is 0 Å². The van der Waals surface area contributed by atoms with Crippen molar-refractivity contribution in [1.29, 1.82) is 0 Å². The minimum absolute atomic E-state index is 0.408. The molecule has 1 N–H and O–H groups in total. The van der Waals surface area contributed by atoms with E-state index in [1.165, 1.54) is 31.6 Å². The van der Waals surface area contributed by atoms with Crippen LogP contribution in [0.15, 0.2) is 24.3 Å². The second-order valence-electron chi connectivity index (χ2n) is 5.51. The predicted octanol–water partition coefficient (Wildman–Crippen LogP) is 2.66. The van der Waals surface area contributed by atoms with Crippen LogP contribution in [0.4, 0.5) is 5.69 Å². The Hall–Kier alpha value is -1.06. The van der Waals surface area contributed by atoms with Gasteiger partial charge in [0.05, 0.1) is 6.10 Å². The highest BCUT2D eigenvalue weighted by molar-refractivity contribution is 5.54. The van der Waals surface area contributed by atoms with Gasteiger partial charge in [0.1, 0.15) is 0 Å². The van der Waals surface area contributed by atoms with Crippen LogP contribution in [-0.2, 0) is 0 Å². The van der Waals surface area contributed by atoms with E-state index in [4.69, 9.17) is 0 Å². The summed E-state index contributed by atoms with van der Waals surface area (Å²) in [6.07, 6.45) is 2.01. The number of hydrogen-bond acceptors (Lipinski definition) is 3. The molecule has 106 valence electrons. The fraction of sp³-hybridized carbons (Fsp3) is 0.625. The molecule has 0 radical (unpaired) electrons. The molecule has 3 heteroatoms. The van der Waals surface area contributed by atoms with Crippen LogP contribution in [-0.4, -0.2) is 42.7 Å². The fourth-order valence-electron chi connectivity index (χ4n) is 2.98. The lowest BCUT2D eigenvalue weighted by molar-refractivity contribution is 0.198. The van der Waals surface area contributed by atoms with E-state index in [0.29, 0.717) is 6.04 Å². The van der Waals surface area contributed by atoms with Crippen LogP contribution >= 0.6 is 0 Å². The van der Waals surface area contributed by atoms with Gasteiger partial charge in [0.25, 0.3) is 0 Å². The third kappa shape index (κ3) is 3.28. The molecule has 0 saturated carbocycles. The molecule has 0 spiro atoms. The maximum Gasteiger partial charge on any atom is 0.0781 e. The van der Waals surface area contributed by atoms with Gasteiger partial charge in [0, 0.05) is 37.4 Å². The van der Waals surface area contributed by atoms with Gasteiger partial charge in [-0.25, -0.2) is 0 Å². The molecule has 1 aromatic rings. The Kier molecular flexibility index (Phi) is 4.83. The number of para-hydroxylation sites is 1. The molecule has 1 heterocycles. The van der Waals surface area contributed by atoms with Gasteiger partial charge in [0.2, 0.25) is 0 Å². The smallest absolute Gasteiger partial charge is 0.0781 e. The molecule has 1 saturated heterocycles. The number of aliphatic hydroxyl groups excluding tert-OH is 1. The SMILES string of the molecule is CCN1CCC(N(C)c2ccccc2[C@@H](C)O)CC1. The summed E-state index contributed by atoms with van der Waals surface area (Å²) in [5.41, 5.74) is 2.20. The first-order chi connectivity index (χ1) is 9.13. The van der Waals surface area contributed by atoms with Crippen molar-refractivity contribution < 1.29 is 5.11 Å². The number of hydrogen-bond donors (Lipinski definition) is 1. The van der Waals surface area contributed by atoms with Gasteiger partial charge in [0.15, 0.2) is 0 Å². The number of anilines is 1. The van der Waals surface area contributed by atoms with Crippen LogP contribution in [0.2, 0.25) is 0 Å². The van der Waals surface area contributed by atoms with Crippen molar-refractivity contribution in [1.82, 2.24) is 4.90 Å². The molecule has 1 atom stereocenters. The number of nitrogens with zero attached hydrogens (tertiary/aromatic N) is 2. The molecular weight excluding hydrogens is 236 g/mol. The average molecular weight is 262 g/mol. The number of likely N-dealkylation sites (tertiary alicyclic amines) is 1. The third-order valence-electron chi connectivity index (χ3n) is 4.32. The summed E-state index contributed by atoms with van der Waals surface area (Å²) in [7, 11) is 2.16. The van der Waals surface area contributed by atoms with E-state index in [2.05, 4.69) is 35.9 Å². The van der Waals surface area contributed by atoms with Crippen LogP contribution in [0, 0.1) is 0 Å². The number of aliphatic hydroxyl groups is 1. The minimum atomic E-state index is -0.408. The zero-order valence-electron chi connectivity index (χ0n) is 12.3. The maximum absolute atomic E-state index is 9.90. The Balaban J connectivity index is 2.10. The molecule has 0 aliphatic carbocycles. The molecule has 1 aliphatic heterocycles. The van der Waals surface area contributed by atoms with E-state index < -0.39 is 6.10 Å². The standard InChI is InChI=1S/C16H26N2O/c1-4-18-11-9-14(10-12-18)17(3)16-8-6-5-7-15(16)13(2)19/h5-8,13-14,19H,4,9-12H2,1-3H3/t13-/m1/s1. The molecule has 19 heavy (non-hydrogen) atoms. The average Bonchev–Trinajstić information content (AvgIpc) is 2.46. The van der Waals surface area contributed by atoms with Crippen LogP contribution < -0.4 is 4.90 Å². The zero-order chi connectivity index (χ0) is 13.8. The lowest BCUT2D eigenvalue weighted by Crippen LogP contribution is -2.43. The number of rotatable bonds is 4. The normalized spacial score (nSPS) is 19.4. The van der Waals surface area contributed by atoms with Crippen molar-refractivity contribution in [3.63, 3.8) is 0 Å². The van der Waals surface area contributed by atoms with Crippen molar-refractivity contribution >= 4 is 5.69 Å². The second-order valence-corrected chi connectivity index (χ2v) is 5.51. The molecule has 3 nitrogen and oxygen atoms in total. The third-order valence-corrected chi connectivity index (χ3v) is 4.32. The van der Waals surface area contributed by atoms with Gasteiger partial charge < -0.3 is 14.9 Å². The number of benzene rings is 1. The molecular formula is C16H26N2O. The lowest BCUT2D eigenvalue weighted by Gasteiger charge is -2.38. The van der Waals surface area contributed by atoms with Crippen LogP contribution in [0.5, 0.6) is 0 Å². The molecule has 1 fully saturated rings. The summed E-state index contributed by atoms with van der Waals surface area (Å²) in [4.78, 5) is 4.86. The van der Waals surface area contributed by atoms with Crippen molar-refractivity contribution in [3.05, 3.63) is 29.8 Å². The summed E-state index contributed by atoms with van der Waals surface area (Å²) in [5.74, 6) is 0. The highest BCUT2D eigenvalue weighted by Gasteiger charge is 2.23. The Morgan fingerprint density at radius 3 is 2.53 bits per heavy atom. The highest BCUT2D eigenvalue weighted by atomic mass is 16.3. The second kappa shape index (κ2) is 6.40. The van der Waals surface area contributed by atoms with E-state index in [9.17, 15) is 5.11 Å². The molecule has 1 aromatic carbocycles. The van der Waals surface area contributed by atoms with E-state index >= 15 is 0 Å². The predicted molar refractivity (Wildman–Crippen MR) is 80.6 cm³/mol. The molecule has 2 rings (SSSR count). The van der Waals surface area contributed by atoms with Gasteiger partial charge >= 0.3 is 0 Å². The minimum Gasteiger partial charge on any atom is -0.389 e. The summed E-state index contributed by atoms with van der Waals surface area (Å²) < 4.78 is 0. The van der Waals surface area contributed by atoms with Gasteiger partial charge in [-0.3, -0.25) is 0 Å². The lowest BCUT2D eigenvalue weighted by atomic mass is 10.0. The molecule has 0 unspecified atom stereocenters. The first kappa shape index (κ1) is 14.4. The van der Waals surface area contributed by atoms with Gasteiger partial charge in [-0.1, -0.05) is 25.1 Å². The first-order valence-electron chi connectivity index (χ1n) is 7.35. The summed E-state index contributed by atoms with van der Waals surface area (Å²) >= 11 is 0. The molecule has 0 bridgehead atoms. The molecule has 0 aromatic heterocycles. The Morgan fingerprint density at radius 1 is 1.32 bits per heavy atom. The fourth-order valence-corrected chi connectivity index (χ4v) is 2.98. The summed E-state index contributed by atoms with van der Waals surface area (Å²) in [5, 5.41) is 9.90. The van der Waals surface area contributed by atoms with E-state index in [0.717, 1.165) is 12.1 Å². The highest BCUT2D eigenvalue weighted by Crippen LogP contribution is 2.29. The van der Waals surface area contributed by atoms with E-state index in [-0.39, 0.29) is 0 Å². The quantitative estimate of drug-likeness (QED) is 0.903. The van der Waals surface area contributed by atoms with E-state index in [1.807, 2.05) is 19.1 Å². The Bertz CT molecular complexity index is 397. The van der Waals surface area contributed by atoms with Gasteiger partial charge in [-0.15, -0.1) is 0 Å². The number of piperidine rings is 1. The Labute approximate surface area is 116 Å². The van der Waals surface area contributed by atoms with Crippen LogP contribution in [0.3, 0.4) is 0 Å². The Morgan fingerprint density at radius 2 is 1.95 bits per heavy atom. The molecule has 0 amide bonds. The topological polar surface area (TPSA) is 26.7 Å². The van der Waals surface area contributed by atoms with Gasteiger partial charge in [-0.05, 0) is 32.4 Å². The van der Waals surface area contributed by atoms with E-state index in [1.54, 1.807) is 0 Å². The van der Waals surface area contributed by atoms with Crippen molar-refractivity contribution in [2.45, 2.75) is 38.8 Å². The molecule has 1 aliphatic rings. The largest absolute Gasteiger partial charge is 0.389 e. The summed E-state index contributed by atoms with van der Waals surface area (Å²) in [6, 6.07) is 8.78.